The molecule has 4 aromatic rings. The van der Waals surface area contributed by atoms with Crippen LogP contribution in [-0.4, -0.2) is 55.6 Å². The van der Waals surface area contributed by atoms with Crippen LogP contribution in [0.25, 0.3) is 28.1 Å². The number of rotatable bonds is 0. The molecule has 6 bridgehead atoms. The van der Waals surface area contributed by atoms with Crippen molar-refractivity contribution in [2.45, 2.75) is 44.4 Å². The standard InChI is InChI=1S/C24H22F3N5O2/c1-14-33-18-5-3-4-15-6-8-17(28-20(15)18)22-30-29-19-9-7-16(12-32(19)22)21(24(25,26)27)31-11-10-23(2,13-31)34-14/h3-9,12,14,21H,10-11,13H2,1-2H3/t14?,21-,23?/m0/s1. The molecule has 0 spiro atoms. The molecule has 34 heavy (non-hydrogen) atoms. The molecule has 0 N–H and O–H groups in total. The lowest BCUT2D eigenvalue weighted by Gasteiger charge is -2.33. The van der Waals surface area contributed by atoms with Gasteiger partial charge in [0, 0.05) is 24.7 Å². The summed E-state index contributed by atoms with van der Waals surface area (Å²) in [6, 6.07) is 10.5. The Morgan fingerprint density at radius 3 is 2.76 bits per heavy atom. The number of alkyl halides is 3. The molecule has 1 aromatic carbocycles. The SMILES string of the molecule is CC1Oc2cccc3ccc(nc23)-c2nnc3ccc(cn23)[C@@H](C(F)(F)F)N2CCC(C)(C2)O1. The van der Waals surface area contributed by atoms with Crippen molar-refractivity contribution >= 4 is 16.6 Å². The Balaban J connectivity index is 1.60. The molecule has 2 aliphatic heterocycles. The van der Waals surface area contributed by atoms with E-state index in [1.165, 1.54) is 17.2 Å². The predicted octanol–water partition coefficient (Wildman–Crippen LogP) is 4.77. The first-order valence-electron chi connectivity index (χ1n) is 11.1. The molecule has 0 aliphatic carbocycles. The summed E-state index contributed by atoms with van der Waals surface area (Å²) in [5.74, 6) is 0.891. The van der Waals surface area contributed by atoms with Crippen LogP contribution in [0.2, 0.25) is 0 Å². The highest BCUT2D eigenvalue weighted by Gasteiger charge is 2.50. The average molecular weight is 469 g/mol. The Labute approximate surface area is 193 Å². The van der Waals surface area contributed by atoms with Gasteiger partial charge in [-0.15, -0.1) is 10.2 Å². The zero-order chi connectivity index (χ0) is 23.7. The van der Waals surface area contributed by atoms with Crippen molar-refractivity contribution in [1.82, 2.24) is 24.5 Å². The Morgan fingerprint density at radius 2 is 1.94 bits per heavy atom. The highest BCUT2D eigenvalue weighted by Crippen LogP contribution is 2.42. The molecule has 1 fully saturated rings. The molecular weight excluding hydrogens is 447 g/mol. The van der Waals surface area contributed by atoms with E-state index in [2.05, 4.69) is 10.2 Å². The fraction of sp³-hybridized carbons (Fsp3) is 0.375. The van der Waals surface area contributed by atoms with Gasteiger partial charge in [0.15, 0.2) is 17.8 Å². The quantitative estimate of drug-likeness (QED) is 0.370. The number of ether oxygens (including phenoxy) is 2. The van der Waals surface area contributed by atoms with E-state index in [4.69, 9.17) is 14.5 Å². The maximum Gasteiger partial charge on any atom is 0.408 e. The average Bonchev–Trinajstić information content (AvgIpc) is 3.35. The van der Waals surface area contributed by atoms with E-state index < -0.39 is 24.1 Å². The van der Waals surface area contributed by atoms with Crippen LogP contribution in [0.15, 0.2) is 48.7 Å². The lowest BCUT2D eigenvalue weighted by Crippen LogP contribution is -2.42. The van der Waals surface area contributed by atoms with E-state index in [1.807, 2.05) is 25.1 Å². The largest absolute Gasteiger partial charge is 0.463 e. The van der Waals surface area contributed by atoms with Crippen LogP contribution >= 0.6 is 0 Å². The Hall–Kier alpha value is -3.24. The van der Waals surface area contributed by atoms with Crippen LogP contribution in [0, 0.1) is 0 Å². The zero-order valence-electron chi connectivity index (χ0n) is 18.6. The number of hydrogen-bond donors (Lipinski definition) is 0. The van der Waals surface area contributed by atoms with E-state index in [0.717, 1.165) is 5.39 Å². The number of nitrogens with zero attached hydrogens (tertiary/aromatic N) is 5. The monoisotopic (exact) mass is 469 g/mol. The summed E-state index contributed by atoms with van der Waals surface area (Å²) in [5, 5.41) is 9.25. The number of para-hydroxylation sites is 1. The molecule has 6 rings (SSSR count). The number of benzene rings is 1. The number of halogens is 3. The summed E-state index contributed by atoms with van der Waals surface area (Å²) in [4.78, 5) is 6.18. The van der Waals surface area contributed by atoms with Crippen LogP contribution in [0.5, 0.6) is 5.75 Å². The second kappa shape index (κ2) is 7.38. The Morgan fingerprint density at radius 1 is 1.09 bits per heavy atom. The van der Waals surface area contributed by atoms with Gasteiger partial charge in [-0.05, 0) is 44.0 Å². The molecule has 3 aromatic heterocycles. The van der Waals surface area contributed by atoms with Crippen LogP contribution in [0.4, 0.5) is 13.2 Å². The second-order valence-electron chi connectivity index (χ2n) is 9.16. The van der Waals surface area contributed by atoms with Crippen LogP contribution < -0.4 is 4.74 Å². The third-order valence-electron chi connectivity index (χ3n) is 6.54. The zero-order valence-corrected chi connectivity index (χ0v) is 18.6. The topological polar surface area (TPSA) is 64.8 Å². The summed E-state index contributed by atoms with van der Waals surface area (Å²) >= 11 is 0. The van der Waals surface area contributed by atoms with Crippen molar-refractivity contribution in [3.05, 3.63) is 54.2 Å². The van der Waals surface area contributed by atoms with E-state index in [0.29, 0.717) is 34.9 Å². The van der Waals surface area contributed by atoms with Gasteiger partial charge < -0.3 is 9.47 Å². The van der Waals surface area contributed by atoms with Crippen molar-refractivity contribution in [1.29, 1.82) is 0 Å². The predicted molar refractivity (Wildman–Crippen MR) is 118 cm³/mol. The van der Waals surface area contributed by atoms with E-state index >= 15 is 0 Å². The van der Waals surface area contributed by atoms with Gasteiger partial charge in [0.2, 0.25) is 0 Å². The summed E-state index contributed by atoms with van der Waals surface area (Å²) in [7, 11) is 0. The van der Waals surface area contributed by atoms with Crippen LogP contribution in [0.1, 0.15) is 31.9 Å². The highest BCUT2D eigenvalue weighted by molar-refractivity contribution is 5.86. The minimum Gasteiger partial charge on any atom is -0.463 e. The van der Waals surface area contributed by atoms with E-state index in [1.54, 1.807) is 29.5 Å². The first kappa shape index (κ1) is 21.3. The number of hydrogen-bond acceptors (Lipinski definition) is 6. The van der Waals surface area contributed by atoms with Crippen molar-refractivity contribution in [2.24, 2.45) is 0 Å². The maximum atomic E-state index is 14.4. The lowest BCUT2D eigenvalue weighted by molar-refractivity contribution is -0.191. The summed E-state index contributed by atoms with van der Waals surface area (Å²) in [5.41, 5.74) is 0.862. The molecule has 10 heteroatoms. The Kier molecular flexibility index (Phi) is 4.62. The lowest BCUT2D eigenvalue weighted by atomic mass is 10.1. The summed E-state index contributed by atoms with van der Waals surface area (Å²) < 4.78 is 57.0. The molecule has 1 saturated heterocycles. The Bertz CT molecular complexity index is 1400. The summed E-state index contributed by atoms with van der Waals surface area (Å²) in [6.07, 6.45) is -3.24. The fourth-order valence-electron chi connectivity index (χ4n) is 5.08. The van der Waals surface area contributed by atoms with Crippen LogP contribution in [-0.2, 0) is 4.74 Å². The van der Waals surface area contributed by atoms with E-state index in [-0.39, 0.29) is 18.7 Å². The molecule has 0 saturated carbocycles. The maximum absolute atomic E-state index is 14.4. The smallest absolute Gasteiger partial charge is 0.408 e. The van der Waals surface area contributed by atoms with Crippen molar-refractivity contribution < 1.29 is 22.6 Å². The molecule has 176 valence electrons. The van der Waals surface area contributed by atoms with Gasteiger partial charge in [0.05, 0.1) is 5.60 Å². The molecule has 5 heterocycles. The highest BCUT2D eigenvalue weighted by atomic mass is 19.4. The molecule has 2 aliphatic rings. The van der Waals surface area contributed by atoms with Crippen molar-refractivity contribution in [2.75, 3.05) is 13.1 Å². The normalized spacial score (nSPS) is 27.1. The van der Waals surface area contributed by atoms with Gasteiger partial charge in [-0.2, -0.15) is 13.2 Å². The molecule has 3 unspecified atom stereocenters. The fourth-order valence-corrected chi connectivity index (χ4v) is 5.08. The van der Waals surface area contributed by atoms with Crippen LogP contribution in [0.3, 0.4) is 0 Å². The third kappa shape index (κ3) is 3.48. The second-order valence-corrected chi connectivity index (χ2v) is 9.16. The molecular formula is C24H22F3N5O2. The molecule has 4 atom stereocenters. The first-order chi connectivity index (χ1) is 16.2. The van der Waals surface area contributed by atoms with Gasteiger partial charge in [-0.25, -0.2) is 4.98 Å². The number of fused-ring (bicyclic) bond motifs is 5. The van der Waals surface area contributed by atoms with E-state index in [9.17, 15) is 13.2 Å². The molecule has 0 radical (unpaired) electrons. The minimum absolute atomic E-state index is 0.117. The summed E-state index contributed by atoms with van der Waals surface area (Å²) in [6.45, 7) is 3.95. The van der Waals surface area contributed by atoms with Crippen molar-refractivity contribution in [3.8, 4) is 17.3 Å². The van der Waals surface area contributed by atoms with Gasteiger partial charge in [0.1, 0.15) is 23.0 Å². The van der Waals surface area contributed by atoms with Gasteiger partial charge in [-0.1, -0.05) is 24.3 Å². The minimum atomic E-state index is -4.48. The molecule has 7 nitrogen and oxygen atoms in total. The van der Waals surface area contributed by atoms with Gasteiger partial charge in [-0.3, -0.25) is 9.30 Å². The van der Waals surface area contributed by atoms with Gasteiger partial charge >= 0.3 is 6.18 Å². The van der Waals surface area contributed by atoms with Crippen molar-refractivity contribution in [3.63, 3.8) is 0 Å². The first-order valence-corrected chi connectivity index (χ1v) is 11.1. The number of aromatic nitrogens is 4. The third-order valence-corrected chi connectivity index (χ3v) is 6.54. The molecule has 0 amide bonds. The van der Waals surface area contributed by atoms with Gasteiger partial charge in [0.25, 0.3) is 0 Å². The number of pyridine rings is 2.